The second-order valence-corrected chi connectivity index (χ2v) is 11.6. The van der Waals surface area contributed by atoms with Gasteiger partial charge >= 0.3 is 5.97 Å². The van der Waals surface area contributed by atoms with E-state index in [9.17, 15) is 9.59 Å². The number of benzene rings is 3. The fourth-order valence-electron chi connectivity index (χ4n) is 6.31. The highest BCUT2D eigenvalue weighted by Gasteiger charge is 2.45. The quantitative estimate of drug-likeness (QED) is 0.313. The molecule has 7 heteroatoms. The maximum absolute atomic E-state index is 13.3. The Morgan fingerprint density at radius 1 is 0.821 bits per heavy atom. The minimum absolute atomic E-state index is 0.0567. The largest absolute Gasteiger partial charge is 0.468 e. The number of amides is 1. The molecule has 0 spiro atoms. The van der Waals surface area contributed by atoms with Crippen molar-refractivity contribution in [3.05, 3.63) is 106 Å². The number of carbonyl (C=O) groups excluding carboxylic acids is 2. The topological polar surface area (TPSA) is 49.9 Å². The first-order chi connectivity index (χ1) is 18.9. The average Bonchev–Trinajstić information content (AvgIpc) is 3.43. The molecule has 2 aliphatic rings. The van der Waals surface area contributed by atoms with Crippen LogP contribution in [0.1, 0.15) is 47.2 Å². The van der Waals surface area contributed by atoms with E-state index < -0.39 is 5.41 Å². The first-order valence-corrected chi connectivity index (χ1v) is 14.3. The van der Waals surface area contributed by atoms with Crippen LogP contribution >= 0.6 is 23.2 Å². The summed E-state index contributed by atoms with van der Waals surface area (Å²) in [7, 11) is 1.48. The van der Waals surface area contributed by atoms with E-state index in [0.717, 1.165) is 43.6 Å². The number of likely N-dealkylation sites (tertiary alicyclic amines) is 2. The van der Waals surface area contributed by atoms with Crippen molar-refractivity contribution in [3.8, 4) is 0 Å². The first kappa shape index (κ1) is 27.7. The molecule has 0 aliphatic carbocycles. The predicted octanol–water partition coefficient (Wildman–Crippen LogP) is 6.37. The predicted molar refractivity (Wildman–Crippen MR) is 156 cm³/mol. The molecule has 2 heterocycles. The molecule has 3 aromatic rings. The molecule has 0 bridgehead atoms. The number of esters is 1. The molecule has 0 saturated carbocycles. The molecular weight excluding hydrogens is 531 g/mol. The molecule has 2 aliphatic heterocycles. The van der Waals surface area contributed by atoms with Crippen LogP contribution in [0.5, 0.6) is 0 Å². The van der Waals surface area contributed by atoms with Gasteiger partial charge in [0.05, 0.1) is 22.6 Å². The van der Waals surface area contributed by atoms with Crippen molar-refractivity contribution in [3.63, 3.8) is 0 Å². The molecule has 204 valence electrons. The van der Waals surface area contributed by atoms with Crippen LogP contribution in [-0.4, -0.2) is 61.5 Å². The Morgan fingerprint density at radius 2 is 1.49 bits per heavy atom. The lowest BCUT2D eigenvalue weighted by atomic mass is 9.72. The lowest BCUT2D eigenvalue weighted by Crippen LogP contribution is -2.48. The highest BCUT2D eigenvalue weighted by molar-refractivity contribution is 6.42. The number of hydrogen-bond acceptors (Lipinski definition) is 4. The van der Waals surface area contributed by atoms with Crippen LogP contribution in [0, 0.1) is 0 Å². The van der Waals surface area contributed by atoms with E-state index in [1.165, 1.54) is 7.11 Å². The summed E-state index contributed by atoms with van der Waals surface area (Å²) in [5.41, 5.74) is 2.01. The second kappa shape index (κ2) is 11.7. The molecule has 0 aromatic heterocycles. The number of methoxy groups -OCH3 is 1. The number of piperidine rings is 1. The van der Waals surface area contributed by atoms with Gasteiger partial charge in [0, 0.05) is 24.1 Å². The third kappa shape index (κ3) is 5.58. The first-order valence-electron chi connectivity index (χ1n) is 13.5. The minimum Gasteiger partial charge on any atom is -0.468 e. The van der Waals surface area contributed by atoms with Crippen molar-refractivity contribution in [1.29, 1.82) is 0 Å². The SMILES string of the molecule is COC(=O)C1(c2ccccc2)CCN(CCC2(c3ccc(Cl)c(Cl)c3)CCN(C(=O)c3ccccc3)C2)CC1. The summed E-state index contributed by atoms with van der Waals surface area (Å²) < 4.78 is 5.27. The van der Waals surface area contributed by atoms with Gasteiger partial charge in [0.25, 0.3) is 5.91 Å². The van der Waals surface area contributed by atoms with Crippen molar-refractivity contribution in [2.45, 2.75) is 36.5 Å². The number of halogens is 2. The van der Waals surface area contributed by atoms with E-state index in [-0.39, 0.29) is 17.3 Å². The maximum atomic E-state index is 13.3. The van der Waals surface area contributed by atoms with E-state index in [4.69, 9.17) is 27.9 Å². The van der Waals surface area contributed by atoms with Crippen LogP contribution in [-0.2, 0) is 20.4 Å². The number of carbonyl (C=O) groups is 2. The molecule has 3 aromatic carbocycles. The van der Waals surface area contributed by atoms with Gasteiger partial charge in [-0.15, -0.1) is 0 Å². The molecule has 2 fully saturated rings. The Labute approximate surface area is 240 Å². The molecule has 5 nitrogen and oxygen atoms in total. The summed E-state index contributed by atoms with van der Waals surface area (Å²) in [4.78, 5) is 30.7. The molecule has 1 amide bonds. The fraction of sp³-hybridized carbons (Fsp3) is 0.375. The molecular formula is C32H34Cl2N2O3. The maximum Gasteiger partial charge on any atom is 0.316 e. The van der Waals surface area contributed by atoms with Gasteiger partial charge in [-0.3, -0.25) is 9.59 Å². The smallest absolute Gasteiger partial charge is 0.316 e. The van der Waals surface area contributed by atoms with Gasteiger partial charge in [-0.2, -0.15) is 0 Å². The molecule has 0 N–H and O–H groups in total. The summed E-state index contributed by atoms with van der Waals surface area (Å²) in [6.45, 7) is 3.78. The van der Waals surface area contributed by atoms with Crippen LogP contribution in [0.4, 0.5) is 0 Å². The highest BCUT2D eigenvalue weighted by Crippen LogP contribution is 2.42. The van der Waals surface area contributed by atoms with Crippen LogP contribution < -0.4 is 0 Å². The average molecular weight is 566 g/mol. The lowest BCUT2D eigenvalue weighted by molar-refractivity contribution is -0.149. The molecule has 0 radical (unpaired) electrons. The van der Waals surface area contributed by atoms with Gasteiger partial charge in [0.15, 0.2) is 0 Å². The number of nitrogens with zero attached hydrogens (tertiary/aromatic N) is 2. The van der Waals surface area contributed by atoms with E-state index in [1.807, 2.05) is 77.7 Å². The molecule has 1 unspecified atom stereocenters. The Hall–Kier alpha value is -2.86. The van der Waals surface area contributed by atoms with Crippen LogP contribution in [0.3, 0.4) is 0 Å². The standard InChI is InChI=1S/C32H34Cl2N2O3/c1-39-30(38)32(25-10-6-3-7-11-25)16-19-35(20-17-32)18-14-31(26-12-13-27(33)28(34)22-26)15-21-36(23-31)29(37)24-8-4-2-5-9-24/h2-13,22H,14-21,23H2,1H3. The monoisotopic (exact) mass is 564 g/mol. The van der Waals surface area contributed by atoms with Crippen molar-refractivity contribution in [2.24, 2.45) is 0 Å². The Bertz CT molecular complexity index is 1310. The van der Waals surface area contributed by atoms with E-state index >= 15 is 0 Å². The van der Waals surface area contributed by atoms with Crippen molar-refractivity contribution in [2.75, 3.05) is 39.8 Å². The van der Waals surface area contributed by atoms with E-state index in [0.29, 0.717) is 41.5 Å². The summed E-state index contributed by atoms with van der Waals surface area (Å²) in [6, 6.07) is 25.3. The zero-order valence-electron chi connectivity index (χ0n) is 22.2. The molecule has 1 atom stereocenters. The van der Waals surface area contributed by atoms with Gasteiger partial charge in [0.2, 0.25) is 0 Å². The summed E-state index contributed by atoms with van der Waals surface area (Å²) in [5, 5.41) is 1.06. The Kier molecular flexibility index (Phi) is 8.32. The molecule has 5 rings (SSSR count). The third-order valence-corrected chi connectivity index (χ3v) is 9.45. The van der Waals surface area contributed by atoms with Gasteiger partial charge in [-0.1, -0.05) is 77.8 Å². The minimum atomic E-state index is -0.611. The van der Waals surface area contributed by atoms with Crippen LogP contribution in [0.15, 0.2) is 78.9 Å². The fourth-order valence-corrected chi connectivity index (χ4v) is 6.61. The number of hydrogen-bond donors (Lipinski definition) is 0. The van der Waals surface area contributed by atoms with Crippen molar-refractivity contribution < 1.29 is 14.3 Å². The summed E-state index contributed by atoms with van der Waals surface area (Å²) >= 11 is 12.7. The molecule has 2 saturated heterocycles. The number of rotatable bonds is 7. The summed E-state index contributed by atoms with van der Waals surface area (Å²) in [6.07, 6.45) is 3.15. The lowest BCUT2D eigenvalue weighted by Gasteiger charge is -2.41. The third-order valence-electron chi connectivity index (χ3n) is 8.71. The van der Waals surface area contributed by atoms with E-state index in [1.54, 1.807) is 0 Å². The molecule has 39 heavy (non-hydrogen) atoms. The van der Waals surface area contributed by atoms with Crippen molar-refractivity contribution >= 4 is 35.1 Å². The Balaban J connectivity index is 1.33. The van der Waals surface area contributed by atoms with Crippen LogP contribution in [0.25, 0.3) is 0 Å². The zero-order chi connectivity index (χ0) is 27.5. The highest BCUT2D eigenvalue weighted by atomic mass is 35.5. The van der Waals surface area contributed by atoms with E-state index in [2.05, 4.69) is 11.0 Å². The van der Waals surface area contributed by atoms with Gasteiger partial charge in [-0.05, 0) is 80.7 Å². The van der Waals surface area contributed by atoms with Gasteiger partial charge < -0.3 is 14.5 Å². The van der Waals surface area contributed by atoms with Crippen molar-refractivity contribution in [1.82, 2.24) is 9.80 Å². The normalized spacial score (nSPS) is 21.1. The second-order valence-electron chi connectivity index (χ2n) is 10.8. The van der Waals surface area contributed by atoms with Gasteiger partial charge in [0.1, 0.15) is 0 Å². The Morgan fingerprint density at radius 3 is 2.13 bits per heavy atom. The summed E-state index contributed by atoms with van der Waals surface area (Å²) in [5.74, 6) is -0.104. The number of ether oxygens (including phenoxy) is 1. The zero-order valence-corrected chi connectivity index (χ0v) is 23.8. The van der Waals surface area contributed by atoms with Crippen LogP contribution in [0.2, 0.25) is 10.0 Å². The van der Waals surface area contributed by atoms with Gasteiger partial charge in [-0.25, -0.2) is 0 Å².